The number of aromatic nitrogens is 1. The van der Waals surface area contributed by atoms with E-state index in [1.165, 1.54) is 23.1 Å². The van der Waals surface area contributed by atoms with Gasteiger partial charge in [-0.3, -0.25) is 9.59 Å². The van der Waals surface area contributed by atoms with Gasteiger partial charge in [-0.25, -0.2) is 4.39 Å². The number of aliphatic hydroxyl groups excluding tert-OH is 1. The summed E-state index contributed by atoms with van der Waals surface area (Å²) in [5.41, 5.74) is 3.91. The lowest BCUT2D eigenvalue weighted by atomic mass is 9.94. The topological polar surface area (TPSA) is 73.4 Å². The van der Waals surface area contributed by atoms with Crippen LogP contribution in [0.15, 0.2) is 84.6 Å². The number of rotatable bonds is 5. The number of halogens is 1. The molecule has 2 heterocycles. The number of benzene rings is 3. The second kappa shape index (κ2) is 8.63. The molecule has 1 fully saturated rings. The summed E-state index contributed by atoms with van der Waals surface area (Å²) in [6, 6.07) is 20.0. The van der Waals surface area contributed by atoms with Gasteiger partial charge >= 0.3 is 0 Å². The SMILES string of the molecule is Cc1ccc(C2C(=C(O)c3cccc(F)c3)C(=O)C(=O)N2CCc2c[nH]c3ccccc23)cc1. The maximum atomic E-state index is 13.8. The number of aliphatic hydroxyl groups is 1. The number of carbonyl (C=O) groups is 2. The third kappa shape index (κ3) is 3.77. The molecule has 1 unspecified atom stereocenters. The Hall–Kier alpha value is -4.19. The molecule has 1 aliphatic heterocycles. The van der Waals surface area contributed by atoms with Crippen molar-refractivity contribution >= 4 is 28.4 Å². The van der Waals surface area contributed by atoms with Crippen LogP contribution in [0, 0.1) is 12.7 Å². The predicted molar refractivity (Wildman–Crippen MR) is 129 cm³/mol. The van der Waals surface area contributed by atoms with Gasteiger partial charge in [-0.15, -0.1) is 0 Å². The highest BCUT2D eigenvalue weighted by Crippen LogP contribution is 2.39. The van der Waals surface area contributed by atoms with Crippen LogP contribution >= 0.6 is 0 Å². The Morgan fingerprint density at radius 1 is 1.03 bits per heavy atom. The molecule has 0 bridgehead atoms. The lowest BCUT2D eigenvalue weighted by Gasteiger charge is -2.25. The minimum absolute atomic E-state index is 0.0293. The van der Waals surface area contributed by atoms with Gasteiger partial charge in [-0.05, 0) is 42.7 Å². The number of amides is 1. The van der Waals surface area contributed by atoms with Crippen LogP contribution in [0.1, 0.15) is 28.3 Å². The molecular formula is C28H23FN2O3. The van der Waals surface area contributed by atoms with Crippen molar-refractivity contribution in [2.75, 3.05) is 6.54 Å². The highest BCUT2D eigenvalue weighted by atomic mass is 19.1. The van der Waals surface area contributed by atoms with Crippen molar-refractivity contribution in [3.05, 3.63) is 113 Å². The molecule has 5 rings (SSSR count). The number of para-hydroxylation sites is 1. The number of nitrogens with one attached hydrogen (secondary N) is 1. The molecule has 34 heavy (non-hydrogen) atoms. The highest BCUT2D eigenvalue weighted by Gasteiger charge is 2.45. The second-order valence-corrected chi connectivity index (χ2v) is 8.52. The quantitative estimate of drug-likeness (QED) is 0.245. The first-order valence-corrected chi connectivity index (χ1v) is 11.1. The van der Waals surface area contributed by atoms with Crippen LogP contribution in [0.3, 0.4) is 0 Å². The second-order valence-electron chi connectivity index (χ2n) is 8.52. The average molecular weight is 455 g/mol. The molecule has 0 saturated carbocycles. The van der Waals surface area contributed by atoms with E-state index in [0.29, 0.717) is 12.0 Å². The summed E-state index contributed by atoms with van der Waals surface area (Å²) in [6.45, 7) is 2.23. The van der Waals surface area contributed by atoms with Crippen molar-refractivity contribution in [3.8, 4) is 0 Å². The number of ketones is 1. The molecule has 170 valence electrons. The summed E-state index contributed by atoms with van der Waals surface area (Å²) >= 11 is 0. The van der Waals surface area contributed by atoms with Crippen LogP contribution in [0.25, 0.3) is 16.7 Å². The van der Waals surface area contributed by atoms with E-state index in [2.05, 4.69) is 4.98 Å². The van der Waals surface area contributed by atoms with E-state index >= 15 is 0 Å². The number of likely N-dealkylation sites (tertiary alicyclic amines) is 1. The molecule has 0 radical (unpaired) electrons. The number of H-pyrrole nitrogens is 1. The van der Waals surface area contributed by atoms with Crippen LogP contribution in [-0.4, -0.2) is 33.2 Å². The van der Waals surface area contributed by atoms with Gasteiger partial charge in [-0.2, -0.15) is 0 Å². The van der Waals surface area contributed by atoms with Crippen LogP contribution in [-0.2, 0) is 16.0 Å². The summed E-state index contributed by atoms with van der Waals surface area (Å²) in [5, 5.41) is 12.1. The third-order valence-corrected chi connectivity index (χ3v) is 6.33. The Kier molecular flexibility index (Phi) is 5.49. The number of fused-ring (bicyclic) bond motifs is 1. The fourth-order valence-corrected chi connectivity index (χ4v) is 4.58. The number of nitrogens with zero attached hydrogens (tertiary/aromatic N) is 1. The molecule has 3 aromatic carbocycles. The van der Waals surface area contributed by atoms with Gasteiger partial charge in [0, 0.05) is 29.2 Å². The van der Waals surface area contributed by atoms with Crippen molar-refractivity contribution in [2.45, 2.75) is 19.4 Å². The largest absolute Gasteiger partial charge is 0.507 e. The van der Waals surface area contributed by atoms with E-state index in [-0.39, 0.29) is 23.4 Å². The number of hydrogen-bond donors (Lipinski definition) is 2. The fraction of sp³-hybridized carbons (Fsp3) is 0.143. The van der Waals surface area contributed by atoms with Crippen LogP contribution < -0.4 is 0 Å². The van der Waals surface area contributed by atoms with Gasteiger partial charge in [0.25, 0.3) is 11.7 Å². The van der Waals surface area contributed by atoms with Gasteiger partial charge in [-0.1, -0.05) is 60.2 Å². The van der Waals surface area contributed by atoms with Crippen molar-refractivity contribution in [2.24, 2.45) is 0 Å². The Morgan fingerprint density at radius 2 is 1.79 bits per heavy atom. The lowest BCUT2D eigenvalue weighted by Crippen LogP contribution is -2.31. The minimum atomic E-state index is -0.772. The molecule has 1 atom stereocenters. The number of Topliss-reactive ketones (excluding diaryl/α,β-unsaturated/α-hetero) is 1. The van der Waals surface area contributed by atoms with E-state index in [9.17, 15) is 19.1 Å². The van der Waals surface area contributed by atoms with Crippen LogP contribution in [0.5, 0.6) is 0 Å². The standard InChI is InChI=1S/C28H23FN2O3/c1-17-9-11-18(12-10-17)25-24(26(32)19-5-4-6-21(29)15-19)27(33)28(34)31(25)14-13-20-16-30-23-8-3-2-7-22(20)23/h2-12,15-16,25,30,32H,13-14H2,1H3. The highest BCUT2D eigenvalue weighted by molar-refractivity contribution is 6.46. The Bertz CT molecular complexity index is 1440. The number of aryl methyl sites for hydroxylation is 1. The summed E-state index contributed by atoms with van der Waals surface area (Å²) in [4.78, 5) is 31.0. The van der Waals surface area contributed by atoms with E-state index < -0.39 is 23.5 Å². The summed E-state index contributed by atoms with van der Waals surface area (Å²) < 4.78 is 13.8. The molecular weight excluding hydrogens is 431 g/mol. The zero-order valence-electron chi connectivity index (χ0n) is 18.6. The number of carbonyl (C=O) groups excluding carboxylic acids is 2. The van der Waals surface area contributed by atoms with E-state index in [1.807, 2.05) is 61.7 Å². The lowest BCUT2D eigenvalue weighted by molar-refractivity contribution is -0.139. The summed E-state index contributed by atoms with van der Waals surface area (Å²) in [5.74, 6) is -2.36. The molecule has 1 saturated heterocycles. The summed E-state index contributed by atoms with van der Waals surface area (Å²) in [6.07, 6.45) is 2.44. The fourth-order valence-electron chi connectivity index (χ4n) is 4.58. The maximum Gasteiger partial charge on any atom is 0.295 e. The van der Waals surface area contributed by atoms with Crippen molar-refractivity contribution in [3.63, 3.8) is 0 Å². The van der Waals surface area contributed by atoms with E-state index in [4.69, 9.17) is 0 Å². The molecule has 0 spiro atoms. The molecule has 5 nitrogen and oxygen atoms in total. The predicted octanol–water partition coefficient (Wildman–Crippen LogP) is 5.28. The number of hydrogen-bond acceptors (Lipinski definition) is 3. The van der Waals surface area contributed by atoms with Gasteiger partial charge in [0.05, 0.1) is 11.6 Å². The third-order valence-electron chi connectivity index (χ3n) is 6.33. The Morgan fingerprint density at radius 3 is 2.56 bits per heavy atom. The molecule has 1 aliphatic rings. The maximum absolute atomic E-state index is 13.8. The molecule has 6 heteroatoms. The van der Waals surface area contributed by atoms with Crippen molar-refractivity contribution < 1.29 is 19.1 Å². The van der Waals surface area contributed by atoms with Crippen molar-refractivity contribution in [1.29, 1.82) is 0 Å². The number of aromatic amines is 1. The monoisotopic (exact) mass is 454 g/mol. The zero-order valence-corrected chi connectivity index (χ0v) is 18.6. The first-order chi connectivity index (χ1) is 16.4. The molecule has 1 aromatic heterocycles. The smallest absolute Gasteiger partial charge is 0.295 e. The first-order valence-electron chi connectivity index (χ1n) is 11.1. The van der Waals surface area contributed by atoms with Gasteiger partial charge in [0.15, 0.2) is 0 Å². The normalized spacial score (nSPS) is 17.6. The van der Waals surface area contributed by atoms with Crippen molar-refractivity contribution in [1.82, 2.24) is 9.88 Å². The van der Waals surface area contributed by atoms with Gasteiger partial charge in [0.1, 0.15) is 11.6 Å². The van der Waals surface area contributed by atoms with E-state index in [0.717, 1.165) is 28.1 Å². The van der Waals surface area contributed by atoms with Gasteiger partial charge in [0.2, 0.25) is 0 Å². The molecule has 0 aliphatic carbocycles. The minimum Gasteiger partial charge on any atom is -0.507 e. The molecule has 4 aromatic rings. The first kappa shape index (κ1) is 21.6. The van der Waals surface area contributed by atoms with Crippen LogP contribution in [0.2, 0.25) is 0 Å². The van der Waals surface area contributed by atoms with E-state index in [1.54, 1.807) is 0 Å². The van der Waals surface area contributed by atoms with Gasteiger partial charge < -0.3 is 15.0 Å². The summed E-state index contributed by atoms with van der Waals surface area (Å²) in [7, 11) is 0. The average Bonchev–Trinajstić information content (AvgIpc) is 3.36. The molecule has 1 amide bonds. The van der Waals surface area contributed by atoms with Crippen LogP contribution in [0.4, 0.5) is 4.39 Å². The Labute approximate surface area is 196 Å². The molecule has 2 N–H and O–H groups in total. The Balaban J connectivity index is 1.57. The zero-order chi connectivity index (χ0) is 23.8.